The van der Waals surface area contributed by atoms with E-state index in [0.717, 1.165) is 5.52 Å². The first-order valence-electron chi connectivity index (χ1n) is 7.31. The summed E-state index contributed by atoms with van der Waals surface area (Å²) in [5, 5.41) is 4.90. The highest BCUT2D eigenvalue weighted by Gasteiger charge is 2.12. The van der Waals surface area contributed by atoms with Crippen molar-refractivity contribution in [1.29, 1.82) is 0 Å². The molecule has 0 fully saturated rings. The van der Waals surface area contributed by atoms with Crippen molar-refractivity contribution in [2.75, 3.05) is 0 Å². The van der Waals surface area contributed by atoms with Gasteiger partial charge in [0.2, 0.25) is 0 Å². The largest absolute Gasteiger partial charge is 0.308 e. The fraction of sp³-hybridized carbons (Fsp3) is 0.471. The minimum absolute atomic E-state index is 0.449. The number of hydrogen-bond donors (Lipinski definition) is 1. The predicted molar refractivity (Wildman–Crippen MR) is 82.3 cm³/mol. The van der Waals surface area contributed by atoms with E-state index in [1.54, 1.807) is 0 Å². The van der Waals surface area contributed by atoms with E-state index in [1.807, 2.05) is 12.3 Å². The highest BCUT2D eigenvalue weighted by Crippen LogP contribution is 2.23. The molecule has 2 heteroatoms. The molecule has 1 heterocycles. The van der Waals surface area contributed by atoms with Crippen molar-refractivity contribution in [3.63, 3.8) is 0 Å². The van der Waals surface area contributed by atoms with Crippen molar-refractivity contribution in [2.45, 2.75) is 52.1 Å². The molecule has 0 saturated carbocycles. The van der Waals surface area contributed by atoms with Gasteiger partial charge in [0.15, 0.2) is 0 Å². The highest BCUT2D eigenvalue weighted by molar-refractivity contribution is 5.79. The van der Waals surface area contributed by atoms with E-state index in [9.17, 15) is 0 Å². The zero-order chi connectivity index (χ0) is 13.7. The molecule has 2 nitrogen and oxygen atoms in total. The molecular formula is C17H24N2. The number of unbranched alkanes of at least 4 members (excludes halogenated alkanes) is 1. The van der Waals surface area contributed by atoms with Crippen LogP contribution in [0.3, 0.4) is 0 Å². The fourth-order valence-electron chi connectivity index (χ4n) is 2.47. The molecule has 0 radical (unpaired) electrons. The third kappa shape index (κ3) is 3.77. The first-order chi connectivity index (χ1) is 9.20. The molecule has 0 amide bonds. The Morgan fingerprint density at radius 3 is 2.79 bits per heavy atom. The molecule has 0 bridgehead atoms. The van der Waals surface area contributed by atoms with E-state index in [0.29, 0.717) is 12.1 Å². The minimum atomic E-state index is 0.449. The first kappa shape index (κ1) is 14.0. The van der Waals surface area contributed by atoms with Crippen molar-refractivity contribution in [3.8, 4) is 0 Å². The predicted octanol–water partition coefficient (Wildman–Crippen LogP) is 4.46. The lowest BCUT2D eigenvalue weighted by Gasteiger charge is -2.22. The fourth-order valence-corrected chi connectivity index (χ4v) is 2.47. The summed E-state index contributed by atoms with van der Waals surface area (Å²) in [6.45, 7) is 6.67. The van der Waals surface area contributed by atoms with Gasteiger partial charge in [0.1, 0.15) is 0 Å². The lowest BCUT2D eigenvalue weighted by Crippen LogP contribution is -2.28. The number of nitrogens with one attached hydrogen (secondary N) is 1. The van der Waals surface area contributed by atoms with Gasteiger partial charge in [-0.15, -0.1) is 0 Å². The van der Waals surface area contributed by atoms with Gasteiger partial charge in [-0.2, -0.15) is 0 Å². The van der Waals surface area contributed by atoms with E-state index in [1.165, 1.54) is 30.2 Å². The van der Waals surface area contributed by atoms with E-state index in [2.05, 4.69) is 55.3 Å². The van der Waals surface area contributed by atoms with E-state index >= 15 is 0 Å². The average Bonchev–Trinajstić information content (AvgIpc) is 2.42. The summed E-state index contributed by atoms with van der Waals surface area (Å²) >= 11 is 0. The normalized spacial score (nSPS) is 13.1. The number of nitrogens with zero attached hydrogens (tertiary/aromatic N) is 1. The van der Waals surface area contributed by atoms with E-state index in [4.69, 9.17) is 0 Å². The van der Waals surface area contributed by atoms with Crippen LogP contribution in [0, 0.1) is 0 Å². The van der Waals surface area contributed by atoms with Gasteiger partial charge >= 0.3 is 0 Å². The molecule has 2 rings (SSSR count). The van der Waals surface area contributed by atoms with Crippen molar-refractivity contribution in [1.82, 2.24) is 10.3 Å². The molecular weight excluding hydrogens is 232 g/mol. The molecule has 0 spiro atoms. The molecule has 19 heavy (non-hydrogen) atoms. The van der Waals surface area contributed by atoms with Gasteiger partial charge in [-0.3, -0.25) is 4.98 Å². The van der Waals surface area contributed by atoms with Gasteiger partial charge < -0.3 is 5.32 Å². The maximum absolute atomic E-state index is 4.38. The summed E-state index contributed by atoms with van der Waals surface area (Å²) in [6, 6.07) is 11.7. The number of benzene rings is 1. The summed E-state index contributed by atoms with van der Waals surface area (Å²) in [6.07, 6.45) is 5.55. The van der Waals surface area contributed by atoms with Crippen LogP contribution in [0.1, 0.15) is 51.6 Å². The Labute approximate surface area is 116 Å². The second-order valence-electron chi connectivity index (χ2n) is 5.47. The Morgan fingerprint density at radius 2 is 2.05 bits per heavy atom. The van der Waals surface area contributed by atoms with Crippen LogP contribution in [0.5, 0.6) is 0 Å². The van der Waals surface area contributed by atoms with Gasteiger partial charge in [0.05, 0.1) is 5.52 Å². The molecule has 0 aliphatic carbocycles. The SMILES string of the molecule is CCCCC(NC(C)C)c1ccc2ncccc2c1. The monoisotopic (exact) mass is 256 g/mol. The Bertz CT molecular complexity index is 519. The number of fused-ring (bicyclic) bond motifs is 1. The molecule has 102 valence electrons. The zero-order valence-corrected chi connectivity index (χ0v) is 12.2. The van der Waals surface area contributed by atoms with Gasteiger partial charge in [0, 0.05) is 23.7 Å². The van der Waals surface area contributed by atoms with E-state index in [-0.39, 0.29) is 0 Å². The smallest absolute Gasteiger partial charge is 0.0702 e. The van der Waals surface area contributed by atoms with Crippen LogP contribution in [0.4, 0.5) is 0 Å². The van der Waals surface area contributed by atoms with Crippen molar-refractivity contribution < 1.29 is 0 Å². The minimum Gasteiger partial charge on any atom is -0.308 e. The van der Waals surface area contributed by atoms with Crippen LogP contribution in [-0.2, 0) is 0 Å². The maximum atomic E-state index is 4.38. The number of hydrogen-bond acceptors (Lipinski definition) is 2. The Hall–Kier alpha value is -1.41. The van der Waals surface area contributed by atoms with Crippen molar-refractivity contribution >= 4 is 10.9 Å². The molecule has 0 saturated heterocycles. The second-order valence-corrected chi connectivity index (χ2v) is 5.47. The molecule has 1 atom stereocenters. The Morgan fingerprint density at radius 1 is 1.21 bits per heavy atom. The van der Waals surface area contributed by atoms with Crippen LogP contribution < -0.4 is 5.32 Å². The maximum Gasteiger partial charge on any atom is 0.0702 e. The van der Waals surface area contributed by atoms with Crippen LogP contribution in [0.25, 0.3) is 10.9 Å². The topological polar surface area (TPSA) is 24.9 Å². The van der Waals surface area contributed by atoms with Crippen LogP contribution in [-0.4, -0.2) is 11.0 Å². The highest BCUT2D eigenvalue weighted by atomic mass is 14.9. The third-order valence-corrected chi connectivity index (χ3v) is 3.41. The lowest BCUT2D eigenvalue weighted by atomic mass is 9.98. The van der Waals surface area contributed by atoms with Gasteiger partial charge in [-0.05, 0) is 30.2 Å². The van der Waals surface area contributed by atoms with Gasteiger partial charge in [0.25, 0.3) is 0 Å². The molecule has 0 aliphatic heterocycles. The third-order valence-electron chi connectivity index (χ3n) is 3.41. The summed E-state index contributed by atoms with van der Waals surface area (Å²) in [5.41, 5.74) is 2.45. The second kappa shape index (κ2) is 6.67. The number of pyridine rings is 1. The first-order valence-corrected chi connectivity index (χ1v) is 7.31. The standard InChI is InChI=1S/C17H24N2/c1-4-5-8-17(19-13(2)3)15-9-10-16-14(12-15)7-6-11-18-16/h6-7,9-13,17,19H,4-5,8H2,1-3H3. The summed E-state index contributed by atoms with van der Waals surface area (Å²) in [5.74, 6) is 0. The van der Waals surface area contributed by atoms with Crippen molar-refractivity contribution in [2.24, 2.45) is 0 Å². The number of rotatable bonds is 6. The Kier molecular flexibility index (Phi) is 4.92. The van der Waals surface area contributed by atoms with Crippen LogP contribution in [0.15, 0.2) is 36.5 Å². The summed E-state index contributed by atoms with van der Waals surface area (Å²) in [4.78, 5) is 4.38. The van der Waals surface area contributed by atoms with Crippen LogP contribution in [0.2, 0.25) is 0 Å². The van der Waals surface area contributed by atoms with Crippen LogP contribution >= 0.6 is 0 Å². The quantitative estimate of drug-likeness (QED) is 0.825. The zero-order valence-electron chi connectivity index (χ0n) is 12.2. The average molecular weight is 256 g/mol. The van der Waals surface area contributed by atoms with Gasteiger partial charge in [-0.25, -0.2) is 0 Å². The lowest BCUT2D eigenvalue weighted by molar-refractivity contribution is 0.440. The van der Waals surface area contributed by atoms with Gasteiger partial charge in [-0.1, -0.05) is 45.7 Å². The molecule has 1 aromatic carbocycles. The summed E-state index contributed by atoms with van der Waals surface area (Å²) in [7, 11) is 0. The number of aromatic nitrogens is 1. The molecule has 1 aromatic heterocycles. The Balaban J connectivity index is 2.26. The molecule has 1 unspecified atom stereocenters. The molecule has 0 aliphatic rings. The van der Waals surface area contributed by atoms with Crippen molar-refractivity contribution in [3.05, 3.63) is 42.1 Å². The summed E-state index contributed by atoms with van der Waals surface area (Å²) < 4.78 is 0. The van der Waals surface area contributed by atoms with E-state index < -0.39 is 0 Å². The molecule has 2 aromatic rings. The molecule has 1 N–H and O–H groups in total.